The van der Waals surface area contributed by atoms with Crippen molar-refractivity contribution in [3.63, 3.8) is 0 Å². The number of ether oxygens (including phenoxy) is 1. The van der Waals surface area contributed by atoms with Crippen molar-refractivity contribution in [3.8, 4) is 5.75 Å². The van der Waals surface area contributed by atoms with Crippen LogP contribution in [0.4, 0.5) is 18.9 Å². The number of carbonyl (C=O) groups is 2. The third-order valence-corrected chi connectivity index (χ3v) is 6.66. The van der Waals surface area contributed by atoms with E-state index < -0.39 is 18.6 Å². The van der Waals surface area contributed by atoms with E-state index in [0.717, 1.165) is 22.3 Å². The van der Waals surface area contributed by atoms with Gasteiger partial charge in [-0.3, -0.25) is 14.6 Å². The van der Waals surface area contributed by atoms with Crippen molar-refractivity contribution < 1.29 is 27.5 Å². The number of alkyl halides is 3. The van der Waals surface area contributed by atoms with Crippen LogP contribution in [0.1, 0.15) is 58.2 Å². The molecule has 4 rings (SSSR count). The van der Waals surface area contributed by atoms with Crippen LogP contribution in [-0.2, 0) is 7.05 Å². The second-order valence-electron chi connectivity index (χ2n) is 9.40. The van der Waals surface area contributed by atoms with E-state index in [1.54, 1.807) is 27.2 Å². The number of aliphatic imine (C=N–C) groups is 1. The van der Waals surface area contributed by atoms with Gasteiger partial charge in [-0.05, 0) is 67.6 Å². The number of carbonyl (C=O) groups excluding carboxylic acids is 2. The molecule has 0 unspecified atom stereocenters. The number of fused-ring (bicyclic) bond motifs is 1. The Morgan fingerprint density at radius 3 is 2.50 bits per heavy atom. The van der Waals surface area contributed by atoms with Gasteiger partial charge in [0.25, 0.3) is 5.91 Å². The first kappa shape index (κ1) is 28.7. The third-order valence-electron chi connectivity index (χ3n) is 6.66. The molecule has 0 spiro atoms. The average Bonchev–Trinajstić information content (AvgIpc) is 3.16. The number of methoxy groups -OCH3 is 1. The maximum Gasteiger partial charge on any atom is 0.405 e. The lowest BCUT2D eigenvalue weighted by Crippen LogP contribution is -2.34. The van der Waals surface area contributed by atoms with Crippen molar-refractivity contribution in [1.82, 2.24) is 9.88 Å². The number of anilines is 1. The van der Waals surface area contributed by atoms with Gasteiger partial charge in [0.15, 0.2) is 5.78 Å². The molecule has 2 aromatic carbocycles. The normalized spacial score (nSPS) is 13.7. The Bertz CT molecular complexity index is 1340. The van der Waals surface area contributed by atoms with Crippen LogP contribution in [0.2, 0.25) is 0 Å². The minimum Gasteiger partial charge on any atom is -0.497 e. The maximum absolute atomic E-state index is 12.2. The molecule has 0 atom stereocenters. The Balaban J connectivity index is 0.000000230. The number of benzene rings is 2. The number of aromatic nitrogens is 1. The Hall–Kier alpha value is -3.82. The van der Waals surface area contributed by atoms with Crippen LogP contribution in [0.15, 0.2) is 41.4 Å². The molecule has 0 radical (unpaired) electrons. The van der Waals surface area contributed by atoms with Gasteiger partial charge in [-0.25, -0.2) is 0 Å². The number of hydrogen-bond acceptors (Lipinski definition) is 5. The molecule has 3 aromatic rings. The van der Waals surface area contributed by atoms with Crippen molar-refractivity contribution >= 4 is 34.5 Å². The molecule has 204 valence electrons. The van der Waals surface area contributed by atoms with Crippen LogP contribution < -0.4 is 15.8 Å². The highest BCUT2D eigenvalue weighted by atomic mass is 19.4. The van der Waals surface area contributed by atoms with Gasteiger partial charge in [-0.2, -0.15) is 13.2 Å². The molecule has 1 amide bonds. The molecule has 1 saturated carbocycles. The summed E-state index contributed by atoms with van der Waals surface area (Å²) in [7, 11) is 3.53. The number of Topliss-reactive ketones (excluding diaryl/α,β-unsaturated/α-hetero) is 1. The molecule has 0 aliphatic heterocycles. The molecule has 1 aromatic heterocycles. The average molecular weight is 531 g/mol. The number of rotatable bonds is 7. The van der Waals surface area contributed by atoms with Gasteiger partial charge in [0.2, 0.25) is 0 Å². The lowest BCUT2D eigenvalue weighted by atomic mass is 9.86. The van der Waals surface area contributed by atoms with Gasteiger partial charge in [0, 0.05) is 54.4 Å². The lowest BCUT2D eigenvalue weighted by molar-refractivity contribution is -0.123. The first-order valence-corrected chi connectivity index (χ1v) is 12.3. The zero-order valence-electron chi connectivity index (χ0n) is 22.0. The summed E-state index contributed by atoms with van der Waals surface area (Å²) in [6, 6.07) is 10.6. The Kier molecular flexibility index (Phi) is 9.19. The zero-order valence-corrected chi connectivity index (χ0v) is 22.0. The Morgan fingerprint density at radius 2 is 1.92 bits per heavy atom. The van der Waals surface area contributed by atoms with Crippen molar-refractivity contribution in [2.45, 2.75) is 39.3 Å². The van der Waals surface area contributed by atoms with Crippen LogP contribution in [0.5, 0.6) is 5.75 Å². The monoisotopic (exact) mass is 530 g/mol. The van der Waals surface area contributed by atoms with E-state index >= 15 is 0 Å². The SMILES string of the molecule is COc1ccc2c(c1)cc(C(C)=O)n2C.Cc1c(C(=O)NCC(F)(F)F)ccc(N)c1C=NCC1CCC1. The van der Waals surface area contributed by atoms with E-state index in [-0.39, 0.29) is 11.3 Å². The molecule has 10 heteroatoms. The standard InChI is InChI=1S/C16H20F3N3O.C12H13NO2/c1-10-12(15(23)22-9-16(17,18)19)5-6-14(20)13(10)8-21-7-11-3-2-4-11;1-8(14)12-7-9-6-10(15-3)4-5-11(9)13(12)2/h5-6,8,11H,2-4,7,9,20H2,1H3,(H,22,23);4-7H,1-3H3. The smallest absolute Gasteiger partial charge is 0.405 e. The van der Waals surface area contributed by atoms with Crippen molar-refractivity contribution in [3.05, 3.63) is 58.8 Å². The van der Waals surface area contributed by atoms with Gasteiger partial charge >= 0.3 is 6.18 Å². The van der Waals surface area contributed by atoms with Crippen LogP contribution in [0.3, 0.4) is 0 Å². The Labute approximate surface area is 219 Å². The third kappa shape index (κ3) is 7.14. The highest BCUT2D eigenvalue weighted by molar-refractivity contribution is 6.00. The molecule has 0 saturated heterocycles. The number of nitrogen functional groups attached to an aromatic ring is 1. The Morgan fingerprint density at radius 1 is 1.21 bits per heavy atom. The fourth-order valence-corrected chi connectivity index (χ4v) is 4.20. The number of nitrogens with two attached hydrogens (primary N) is 1. The number of halogens is 3. The highest BCUT2D eigenvalue weighted by Crippen LogP contribution is 2.27. The fraction of sp³-hybridized carbons (Fsp3) is 0.393. The topological polar surface area (TPSA) is 98.7 Å². The quantitative estimate of drug-likeness (QED) is 0.240. The molecule has 1 heterocycles. The van der Waals surface area contributed by atoms with Crippen molar-refractivity contribution in [2.24, 2.45) is 18.0 Å². The van der Waals surface area contributed by atoms with Gasteiger partial charge in [-0.1, -0.05) is 6.42 Å². The molecule has 1 aliphatic carbocycles. The number of nitrogens with one attached hydrogen (secondary N) is 1. The van der Waals surface area contributed by atoms with Crippen molar-refractivity contribution in [2.75, 3.05) is 25.9 Å². The van der Waals surface area contributed by atoms with Crippen LogP contribution in [-0.4, -0.2) is 48.8 Å². The van der Waals surface area contributed by atoms with Crippen LogP contribution in [0.25, 0.3) is 10.9 Å². The molecule has 7 nitrogen and oxygen atoms in total. The minimum atomic E-state index is -4.44. The first-order valence-electron chi connectivity index (χ1n) is 12.3. The van der Waals surface area contributed by atoms with Gasteiger partial charge in [-0.15, -0.1) is 0 Å². The van der Waals surface area contributed by atoms with Gasteiger partial charge < -0.3 is 20.4 Å². The summed E-state index contributed by atoms with van der Waals surface area (Å²) in [5, 5.41) is 2.90. The van der Waals surface area contributed by atoms with E-state index in [1.165, 1.54) is 31.4 Å². The summed E-state index contributed by atoms with van der Waals surface area (Å²) >= 11 is 0. The number of nitrogens with zero attached hydrogens (tertiary/aromatic N) is 2. The molecular weight excluding hydrogens is 497 g/mol. The summed E-state index contributed by atoms with van der Waals surface area (Å²) in [6.45, 7) is 2.58. The largest absolute Gasteiger partial charge is 0.497 e. The minimum absolute atomic E-state index is 0.0765. The molecule has 1 fully saturated rings. The molecular formula is C28H33F3N4O3. The van der Waals surface area contributed by atoms with E-state index in [0.29, 0.717) is 29.3 Å². The second kappa shape index (κ2) is 12.1. The summed E-state index contributed by atoms with van der Waals surface area (Å²) in [5.41, 5.74) is 9.40. The summed E-state index contributed by atoms with van der Waals surface area (Å²) < 4.78 is 43.6. The number of amides is 1. The van der Waals surface area contributed by atoms with Gasteiger partial charge in [0.05, 0.1) is 12.8 Å². The molecule has 0 bridgehead atoms. The number of aryl methyl sites for hydroxylation is 1. The lowest BCUT2D eigenvalue weighted by Gasteiger charge is -2.23. The number of ketones is 1. The maximum atomic E-state index is 12.2. The molecule has 38 heavy (non-hydrogen) atoms. The predicted octanol–water partition coefficient (Wildman–Crippen LogP) is 5.48. The molecule has 3 N–H and O–H groups in total. The van der Waals surface area contributed by atoms with E-state index in [2.05, 4.69) is 4.99 Å². The van der Waals surface area contributed by atoms with E-state index in [4.69, 9.17) is 10.5 Å². The summed E-state index contributed by atoms with van der Waals surface area (Å²) in [5.74, 6) is 0.718. The van der Waals surface area contributed by atoms with E-state index in [1.807, 2.05) is 41.2 Å². The second-order valence-corrected chi connectivity index (χ2v) is 9.40. The van der Waals surface area contributed by atoms with Crippen LogP contribution in [0, 0.1) is 12.8 Å². The zero-order chi connectivity index (χ0) is 28.0. The summed E-state index contributed by atoms with van der Waals surface area (Å²) in [6.07, 6.45) is 0.752. The fourth-order valence-electron chi connectivity index (χ4n) is 4.20. The van der Waals surface area contributed by atoms with Gasteiger partial charge in [0.1, 0.15) is 12.3 Å². The molecule has 1 aliphatic rings. The summed E-state index contributed by atoms with van der Waals surface area (Å²) in [4.78, 5) is 27.6. The highest BCUT2D eigenvalue weighted by Gasteiger charge is 2.28. The number of hydrogen-bond donors (Lipinski definition) is 2. The van der Waals surface area contributed by atoms with Crippen molar-refractivity contribution in [1.29, 1.82) is 0 Å². The van der Waals surface area contributed by atoms with E-state index in [9.17, 15) is 22.8 Å². The van der Waals surface area contributed by atoms with Crippen LogP contribution >= 0.6 is 0 Å². The first-order chi connectivity index (χ1) is 17.9. The predicted molar refractivity (Wildman–Crippen MR) is 143 cm³/mol.